The molecule has 0 saturated carbocycles. The molecular weight excluding hydrogens is 479 g/mol. The van der Waals surface area contributed by atoms with Gasteiger partial charge in [-0.05, 0) is 58.9 Å². The minimum Gasteiger partial charge on any atom is -0.355 e. The molecule has 3 rings (SSSR count). The Kier molecular flexibility index (Phi) is 10.1. The third kappa shape index (κ3) is 6.52. The fraction of sp³-hybridized carbons (Fsp3) is 0.850. The SMILES string of the molecule is CCc1nncn1CCNC(=NC)NCC1(N2CCCCC2)CCN(C)CC1.I. The first-order valence-electron chi connectivity index (χ1n) is 10.9. The van der Waals surface area contributed by atoms with E-state index < -0.39 is 0 Å². The first-order valence-corrected chi connectivity index (χ1v) is 10.9. The number of halogens is 1. The molecule has 0 aromatic carbocycles. The number of piperidine rings is 2. The van der Waals surface area contributed by atoms with Gasteiger partial charge in [-0.25, -0.2) is 0 Å². The quantitative estimate of drug-likeness (QED) is 0.325. The van der Waals surface area contributed by atoms with Crippen molar-refractivity contribution in [3.8, 4) is 0 Å². The van der Waals surface area contributed by atoms with Crippen LogP contribution in [-0.4, -0.2) is 89.4 Å². The highest BCUT2D eigenvalue weighted by molar-refractivity contribution is 14.0. The van der Waals surface area contributed by atoms with Crippen LogP contribution in [0.25, 0.3) is 0 Å². The molecule has 29 heavy (non-hydrogen) atoms. The zero-order chi connectivity index (χ0) is 19.8. The molecule has 9 heteroatoms. The van der Waals surface area contributed by atoms with E-state index >= 15 is 0 Å². The van der Waals surface area contributed by atoms with E-state index in [1.54, 1.807) is 6.33 Å². The van der Waals surface area contributed by atoms with Gasteiger partial charge in [-0.15, -0.1) is 34.2 Å². The summed E-state index contributed by atoms with van der Waals surface area (Å²) in [5, 5.41) is 15.3. The molecule has 0 unspecified atom stereocenters. The molecule has 1 aromatic rings. The first kappa shape index (κ1) is 24.3. The summed E-state index contributed by atoms with van der Waals surface area (Å²) in [6.07, 6.45) is 9.22. The van der Waals surface area contributed by atoms with E-state index in [4.69, 9.17) is 0 Å². The average Bonchev–Trinajstić information content (AvgIpc) is 3.20. The van der Waals surface area contributed by atoms with E-state index in [9.17, 15) is 0 Å². The molecule has 0 spiro atoms. The lowest BCUT2D eigenvalue weighted by Gasteiger charge is -2.50. The number of aromatic nitrogens is 3. The number of aliphatic imine (C=N–C) groups is 1. The fourth-order valence-corrected chi connectivity index (χ4v) is 4.51. The Bertz CT molecular complexity index is 618. The van der Waals surface area contributed by atoms with Crippen LogP contribution in [0, 0.1) is 0 Å². The van der Waals surface area contributed by atoms with Crippen LogP contribution in [0.1, 0.15) is 44.9 Å². The zero-order valence-electron chi connectivity index (χ0n) is 18.4. The first-order chi connectivity index (χ1) is 13.7. The Hall–Kier alpha value is -0.940. The highest BCUT2D eigenvalue weighted by Gasteiger charge is 2.39. The van der Waals surface area contributed by atoms with Gasteiger partial charge in [-0.3, -0.25) is 9.89 Å². The smallest absolute Gasteiger partial charge is 0.191 e. The number of hydrogen-bond acceptors (Lipinski definition) is 5. The summed E-state index contributed by atoms with van der Waals surface area (Å²) in [7, 11) is 4.09. The van der Waals surface area contributed by atoms with E-state index in [0.29, 0.717) is 0 Å². The van der Waals surface area contributed by atoms with Crippen molar-refractivity contribution in [2.75, 3.05) is 53.4 Å². The van der Waals surface area contributed by atoms with Gasteiger partial charge in [0.1, 0.15) is 12.2 Å². The van der Waals surface area contributed by atoms with Crippen molar-refractivity contribution in [3.63, 3.8) is 0 Å². The summed E-state index contributed by atoms with van der Waals surface area (Å²) < 4.78 is 2.10. The number of aryl methyl sites for hydroxylation is 1. The predicted octanol–water partition coefficient (Wildman–Crippen LogP) is 1.57. The number of likely N-dealkylation sites (tertiary alicyclic amines) is 2. The molecule has 2 N–H and O–H groups in total. The molecule has 2 aliphatic rings. The normalized spacial score (nSPS) is 20.9. The average molecular weight is 518 g/mol. The summed E-state index contributed by atoms with van der Waals surface area (Å²) >= 11 is 0. The summed E-state index contributed by atoms with van der Waals surface area (Å²) in [6.45, 7) is 9.57. The molecule has 2 aliphatic heterocycles. The highest BCUT2D eigenvalue weighted by Crippen LogP contribution is 2.30. The topological polar surface area (TPSA) is 73.6 Å². The van der Waals surface area contributed by atoms with Gasteiger partial charge >= 0.3 is 0 Å². The van der Waals surface area contributed by atoms with Crippen LogP contribution in [0.3, 0.4) is 0 Å². The number of guanidine groups is 1. The molecule has 8 nitrogen and oxygen atoms in total. The van der Waals surface area contributed by atoms with Gasteiger partial charge in [0.25, 0.3) is 0 Å². The van der Waals surface area contributed by atoms with Crippen molar-refractivity contribution in [3.05, 3.63) is 12.2 Å². The Morgan fingerprint density at radius 3 is 2.52 bits per heavy atom. The minimum atomic E-state index is 0. The van der Waals surface area contributed by atoms with Crippen LogP contribution >= 0.6 is 24.0 Å². The minimum absolute atomic E-state index is 0. The monoisotopic (exact) mass is 518 g/mol. The van der Waals surface area contributed by atoms with Crippen LogP contribution in [0.15, 0.2) is 11.3 Å². The van der Waals surface area contributed by atoms with Gasteiger partial charge in [0.15, 0.2) is 5.96 Å². The van der Waals surface area contributed by atoms with Gasteiger partial charge in [-0.1, -0.05) is 13.3 Å². The molecule has 1 aromatic heterocycles. The van der Waals surface area contributed by atoms with Crippen molar-refractivity contribution in [1.29, 1.82) is 0 Å². The molecule has 2 fully saturated rings. The second-order valence-electron chi connectivity index (χ2n) is 8.22. The van der Waals surface area contributed by atoms with Gasteiger partial charge in [0.2, 0.25) is 0 Å². The maximum absolute atomic E-state index is 4.45. The zero-order valence-corrected chi connectivity index (χ0v) is 20.7. The Balaban J connectivity index is 0.00000300. The highest BCUT2D eigenvalue weighted by atomic mass is 127. The molecule has 2 saturated heterocycles. The van der Waals surface area contributed by atoms with Gasteiger partial charge in [0, 0.05) is 38.6 Å². The second-order valence-corrected chi connectivity index (χ2v) is 8.22. The molecule has 3 heterocycles. The lowest BCUT2D eigenvalue weighted by atomic mass is 9.84. The molecular formula is C20H39IN8. The summed E-state index contributed by atoms with van der Waals surface area (Å²) in [4.78, 5) is 9.67. The third-order valence-electron chi connectivity index (χ3n) is 6.41. The molecule has 0 bridgehead atoms. The Labute approximate surface area is 192 Å². The number of hydrogen-bond donors (Lipinski definition) is 2. The van der Waals surface area contributed by atoms with Crippen molar-refractivity contribution < 1.29 is 0 Å². The van der Waals surface area contributed by atoms with Gasteiger partial charge in [0.05, 0.1) is 0 Å². The predicted molar refractivity (Wildman–Crippen MR) is 129 cm³/mol. The van der Waals surface area contributed by atoms with Crippen LogP contribution in [0.4, 0.5) is 0 Å². The Morgan fingerprint density at radius 1 is 1.14 bits per heavy atom. The number of nitrogens with one attached hydrogen (secondary N) is 2. The molecule has 0 amide bonds. The van der Waals surface area contributed by atoms with Crippen LogP contribution in [-0.2, 0) is 13.0 Å². The van der Waals surface area contributed by atoms with Crippen LogP contribution in [0.5, 0.6) is 0 Å². The third-order valence-corrected chi connectivity index (χ3v) is 6.41. The standard InChI is InChI=1S/C20H38N8.HI/c1-4-18-25-24-17-27(18)15-10-22-19(21-2)23-16-20(8-13-26(3)14-9-20)28-11-6-5-7-12-28;/h17H,4-16H2,1-3H3,(H2,21,22,23);1H. The maximum atomic E-state index is 4.45. The molecule has 0 aliphatic carbocycles. The van der Waals surface area contributed by atoms with Crippen LogP contribution < -0.4 is 10.6 Å². The summed E-state index contributed by atoms with van der Waals surface area (Å²) in [5.74, 6) is 1.92. The molecule has 0 radical (unpaired) electrons. The summed E-state index contributed by atoms with van der Waals surface area (Å²) in [5.41, 5.74) is 0.258. The summed E-state index contributed by atoms with van der Waals surface area (Å²) in [6, 6.07) is 0. The fourth-order valence-electron chi connectivity index (χ4n) is 4.51. The van der Waals surface area contributed by atoms with Crippen molar-refractivity contribution in [1.82, 2.24) is 35.2 Å². The van der Waals surface area contributed by atoms with Crippen LogP contribution in [0.2, 0.25) is 0 Å². The Morgan fingerprint density at radius 2 is 1.86 bits per heavy atom. The lowest BCUT2D eigenvalue weighted by molar-refractivity contribution is 0.0173. The number of rotatable bonds is 7. The lowest BCUT2D eigenvalue weighted by Crippen LogP contribution is -2.62. The van der Waals surface area contributed by atoms with Gasteiger partial charge < -0.3 is 20.1 Å². The van der Waals surface area contributed by atoms with E-state index in [0.717, 1.165) is 37.8 Å². The second kappa shape index (κ2) is 12.0. The molecule has 0 atom stereocenters. The van der Waals surface area contributed by atoms with Crippen molar-refractivity contribution in [2.45, 2.75) is 57.5 Å². The van der Waals surface area contributed by atoms with Crippen molar-refractivity contribution >= 4 is 29.9 Å². The van der Waals surface area contributed by atoms with Crippen molar-refractivity contribution in [2.24, 2.45) is 4.99 Å². The molecule has 166 valence electrons. The van der Waals surface area contributed by atoms with E-state index in [2.05, 4.69) is 54.2 Å². The number of nitrogens with zero attached hydrogens (tertiary/aromatic N) is 6. The van der Waals surface area contributed by atoms with Gasteiger partial charge in [-0.2, -0.15) is 0 Å². The largest absolute Gasteiger partial charge is 0.355 e. The maximum Gasteiger partial charge on any atom is 0.191 e. The van der Waals surface area contributed by atoms with E-state index in [1.165, 1.54) is 58.3 Å². The van der Waals surface area contributed by atoms with E-state index in [1.807, 2.05) is 7.05 Å². The van der Waals surface area contributed by atoms with E-state index in [-0.39, 0.29) is 29.5 Å².